The van der Waals surface area contributed by atoms with Crippen molar-refractivity contribution in [2.24, 2.45) is 0 Å². The van der Waals surface area contributed by atoms with Gasteiger partial charge in [0.2, 0.25) is 0 Å². The Bertz CT molecular complexity index is 446. The predicted octanol–water partition coefficient (Wildman–Crippen LogP) is 3.00. The van der Waals surface area contributed by atoms with Gasteiger partial charge in [0.25, 0.3) is 0 Å². The number of rotatable bonds is 1. The summed E-state index contributed by atoms with van der Waals surface area (Å²) in [7, 11) is 1.59. The van der Waals surface area contributed by atoms with Gasteiger partial charge in [-0.2, -0.15) is 0 Å². The van der Waals surface area contributed by atoms with E-state index < -0.39 is 11.7 Å². The number of anilines is 2. The van der Waals surface area contributed by atoms with Crippen molar-refractivity contribution in [2.45, 2.75) is 33.3 Å². The van der Waals surface area contributed by atoms with Gasteiger partial charge in [-0.05, 0) is 27.7 Å². The molecule has 0 atom stereocenters. The molecule has 100 valence electrons. The number of amides is 1. The molecule has 5 nitrogen and oxygen atoms in total. The van der Waals surface area contributed by atoms with Gasteiger partial charge in [0.05, 0.1) is 17.1 Å². The molecule has 0 saturated carbocycles. The number of nitrogens with zero attached hydrogens (tertiary/aromatic N) is 2. The van der Waals surface area contributed by atoms with Crippen molar-refractivity contribution in [1.29, 1.82) is 0 Å². The van der Waals surface area contributed by atoms with E-state index in [1.54, 1.807) is 34.7 Å². The van der Waals surface area contributed by atoms with Crippen LogP contribution >= 0.6 is 11.6 Å². The zero-order valence-electron chi connectivity index (χ0n) is 11.2. The Morgan fingerprint density at radius 3 is 2.50 bits per heavy atom. The minimum Gasteiger partial charge on any atom is -0.443 e. The summed E-state index contributed by atoms with van der Waals surface area (Å²) in [6.07, 6.45) is -0.485. The van der Waals surface area contributed by atoms with Gasteiger partial charge in [-0.1, -0.05) is 11.6 Å². The molecule has 0 aliphatic heterocycles. The third-order valence-electron chi connectivity index (χ3n) is 2.17. The fourth-order valence-electron chi connectivity index (χ4n) is 1.51. The molecule has 1 rings (SSSR count). The molecule has 18 heavy (non-hydrogen) atoms. The van der Waals surface area contributed by atoms with Crippen LogP contribution in [0, 0.1) is 6.92 Å². The van der Waals surface area contributed by atoms with Crippen molar-refractivity contribution in [2.75, 3.05) is 17.7 Å². The van der Waals surface area contributed by atoms with Crippen molar-refractivity contribution >= 4 is 29.1 Å². The number of nitrogens with two attached hydrogens (primary N) is 1. The van der Waals surface area contributed by atoms with Crippen LogP contribution in [0.1, 0.15) is 26.5 Å². The summed E-state index contributed by atoms with van der Waals surface area (Å²) < 4.78 is 5.26. The maximum Gasteiger partial charge on any atom is 0.414 e. The number of pyridine rings is 1. The van der Waals surface area contributed by atoms with Crippen LogP contribution in [0.3, 0.4) is 0 Å². The van der Waals surface area contributed by atoms with Crippen molar-refractivity contribution in [1.82, 2.24) is 4.98 Å². The third kappa shape index (κ3) is 3.50. The molecule has 0 aliphatic carbocycles. The minimum absolute atomic E-state index is 0.298. The second-order valence-corrected chi connectivity index (χ2v) is 5.39. The lowest BCUT2D eigenvalue weighted by molar-refractivity contribution is 0.0589. The number of ether oxygens (including phenoxy) is 1. The molecular formula is C12H18ClN3O2. The first-order valence-corrected chi connectivity index (χ1v) is 5.89. The summed E-state index contributed by atoms with van der Waals surface area (Å²) in [5.74, 6) is 0. The predicted molar refractivity (Wildman–Crippen MR) is 73.0 cm³/mol. The number of carbonyl (C=O) groups is 1. The first kappa shape index (κ1) is 14.6. The Morgan fingerprint density at radius 1 is 1.50 bits per heavy atom. The monoisotopic (exact) mass is 271 g/mol. The van der Waals surface area contributed by atoms with Crippen LogP contribution in [-0.4, -0.2) is 23.7 Å². The normalized spacial score (nSPS) is 11.2. The first-order valence-electron chi connectivity index (χ1n) is 5.51. The molecule has 0 saturated heterocycles. The van der Waals surface area contributed by atoms with Gasteiger partial charge in [-0.15, -0.1) is 0 Å². The van der Waals surface area contributed by atoms with Crippen molar-refractivity contribution in [3.8, 4) is 0 Å². The molecule has 1 amide bonds. The molecule has 2 N–H and O–H groups in total. The summed E-state index contributed by atoms with van der Waals surface area (Å²) in [6.45, 7) is 7.14. The van der Waals surface area contributed by atoms with E-state index >= 15 is 0 Å². The summed E-state index contributed by atoms with van der Waals surface area (Å²) in [4.78, 5) is 17.3. The number of halogens is 1. The molecule has 6 heteroatoms. The number of hydrogen-bond donors (Lipinski definition) is 1. The van der Waals surface area contributed by atoms with E-state index in [-0.39, 0.29) is 0 Å². The van der Waals surface area contributed by atoms with Gasteiger partial charge in [0.1, 0.15) is 10.8 Å². The van der Waals surface area contributed by atoms with Crippen molar-refractivity contribution < 1.29 is 9.53 Å². The average Bonchev–Trinajstić information content (AvgIpc) is 2.12. The molecule has 0 aromatic carbocycles. The van der Waals surface area contributed by atoms with Crippen LogP contribution in [0.2, 0.25) is 5.15 Å². The smallest absolute Gasteiger partial charge is 0.414 e. The first-order chi connectivity index (χ1) is 8.11. The van der Waals surface area contributed by atoms with Gasteiger partial charge in [0, 0.05) is 13.1 Å². The highest BCUT2D eigenvalue weighted by Crippen LogP contribution is 2.28. The molecule has 1 aromatic heterocycles. The summed E-state index contributed by atoms with van der Waals surface area (Å²) in [5, 5.41) is 0.298. The Morgan fingerprint density at radius 2 is 2.06 bits per heavy atom. The van der Waals surface area contributed by atoms with Crippen molar-refractivity contribution in [3.05, 3.63) is 16.9 Å². The van der Waals surface area contributed by atoms with Gasteiger partial charge in [-0.25, -0.2) is 9.78 Å². The second-order valence-electron chi connectivity index (χ2n) is 5.01. The molecular weight excluding hydrogens is 254 g/mol. The molecule has 0 unspecified atom stereocenters. The van der Waals surface area contributed by atoms with E-state index in [0.717, 1.165) is 0 Å². The maximum absolute atomic E-state index is 11.9. The SMILES string of the molecule is Cc1nc(Cl)cc(N)c1N(C)C(=O)OC(C)(C)C. The Kier molecular flexibility index (Phi) is 4.06. The van der Waals surface area contributed by atoms with Gasteiger partial charge in [0.15, 0.2) is 0 Å². The Labute approximate surface area is 112 Å². The number of carbonyl (C=O) groups excluding carboxylic acids is 1. The molecule has 1 aromatic rings. The maximum atomic E-state index is 11.9. The van der Waals surface area contributed by atoms with E-state index in [9.17, 15) is 4.79 Å². The number of aromatic nitrogens is 1. The lowest BCUT2D eigenvalue weighted by atomic mass is 10.2. The summed E-state index contributed by atoms with van der Waals surface area (Å²) in [6, 6.07) is 1.50. The third-order valence-corrected chi connectivity index (χ3v) is 2.36. The van der Waals surface area contributed by atoms with E-state index in [1.807, 2.05) is 0 Å². The molecule has 0 fully saturated rings. The molecule has 0 radical (unpaired) electrons. The molecule has 0 aliphatic rings. The Hall–Kier alpha value is -1.49. The Balaban J connectivity index is 3.04. The van der Waals surface area contributed by atoms with E-state index in [1.165, 1.54) is 11.0 Å². The average molecular weight is 272 g/mol. The van der Waals surface area contributed by atoms with E-state index in [2.05, 4.69) is 4.98 Å². The second kappa shape index (κ2) is 5.02. The van der Waals surface area contributed by atoms with Crippen LogP contribution in [-0.2, 0) is 4.74 Å². The lowest BCUT2D eigenvalue weighted by Gasteiger charge is -2.26. The van der Waals surface area contributed by atoms with Crippen LogP contribution in [0.4, 0.5) is 16.2 Å². The lowest BCUT2D eigenvalue weighted by Crippen LogP contribution is -2.35. The fraction of sp³-hybridized carbons (Fsp3) is 0.500. The topological polar surface area (TPSA) is 68.5 Å². The zero-order chi connectivity index (χ0) is 14.1. The quantitative estimate of drug-likeness (QED) is 0.797. The van der Waals surface area contributed by atoms with Crippen LogP contribution in [0.25, 0.3) is 0 Å². The van der Waals surface area contributed by atoms with E-state index in [4.69, 9.17) is 22.1 Å². The number of nitrogen functional groups attached to an aromatic ring is 1. The van der Waals surface area contributed by atoms with E-state index in [0.29, 0.717) is 22.2 Å². The molecule has 0 spiro atoms. The van der Waals surface area contributed by atoms with Gasteiger partial charge >= 0.3 is 6.09 Å². The highest BCUT2D eigenvalue weighted by Gasteiger charge is 2.23. The zero-order valence-corrected chi connectivity index (χ0v) is 12.0. The van der Waals surface area contributed by atoms with Crippen LogP contribution < -0.4 is 10.6 Å². The number of aryl methyl sites for hydroxylation is 1. The largest absolute Gasteiger partial charge is 0.443 e. The molecule has 0 bridgehead atoms. The molecule has 1 heterocycles. The van der Waals surface area contributed by atoms with Gasteiger partial charge < -0.3 is 10.5 Å². The van der Waals surface area contributed by atoms with Gasteiger partial charge in [-0.3, -0.25) is 4.90 Å². The number of hydrogen-bond acceptors (Lipinski definition) is 4. The minimum atomic E-state index is -0.562. The van der Waals surface area contributed by atoms with Crippen LogP contribution in [0.5, 0.6) is 0 Å². The summed E-state index contributed by atoms with van der Waals surface area (Å²) >= 11 is 5.79. The van der Waals surface area contributed by atoms with Crippen molar-refractivity contribution in [3.63, 3.8) is 0 Å². The summed E-state index contributed by atoms with van der Waals surface area (Å²) in [5.41, 5.74) is 6.76. The van der Waals surface area contributed by atoms with Crippen LogP contribution in [0.15, 0.2) is 6.07 Å². The highest BCUT2D eigenvalue weighted by atomic mass is 35.5. The standard InChI is InChI=1S/C12H18ClN3O2/c1-7-10(8(14)6-9(13)15-7)16(5)11(17)18-12(2,3)4/h6H,1-5H3,(H2,14,15). The highest BCUT2D eigenvalue weighted by molar-refractivity contribution is 6.29. The fourth-order valence-corrected chi connectivity index (χ4v) is 1.75.